The molecule has 0 radical (unpaired) electrons. The van der Waals surface area contributed by atoms with E-state index in [1.807, 2.05) is 0 Å². The summed E-state index contributed by atoms with van der Waals surface area (Å²) in [4.78, 5) is 0. The first kappa shape index (κ1) is 12.5. The molecule has 5 aliphatic rings. The van der Waals surface area contributed by atoms with E-state index in [2.05, 4.69) is 74.6 Å². The zero-order valence-electron chi connectivity index (χ0n) is 13.1. The Bertz CT molecular complexity index is 835. The molecule has 1 aliphatic heterocycles. The number of fused-ring (bicyclic) bond motifs is 2. The number of hydrogen-bond donors (Lipinski definition) is 0. The van der Waals surface area contributed by atoms with Gasteiger partial charge in [0, 0.05) is 11.3 Å². The Balaban J connectivity index is 1.66. The highest BCUT2D eigenvalue weighted by Gasteiger charge is 2.42. The van der Waals surface area contributed by atoms with Crippen molar-refractivity contribution in [2.45, 2.75) is 13.8 Å². The second-order valence-corrected chi connectivity index (χ2v) is 7.29. The van der Waals surface area contributed by atoms with Crippen LogP contribution in [0.15, 0.2) is 94.0 Å². The standard InChI is InChI=1S/C21H19B/c1-13-3-6-15-16-7-5-14-9-11-21(2)12-10-17(19(14)21)20(16)22-18(15)8-4-13/h3-13,17,22H,1-2H3/t13-,17?,21-/m1/s1. The van der Waals surface area contributed by atoms with Crippen LogP contribution in [0, 0.1) is 17.3 Å². The van der Waals surface area contributed by atoms with E-state index in [9.17, 15) is 0 Å². The van der Waals surface area contributed by atoms with Crippen LogP contribution in [-0.2, 0) is 0 Å². The van der Waals surface area contributed by atoms with Crippen molar-refractivity contribution in [2.24, 2.45) is 17.3 Å². The summed E-state index contributed by atoms with van der Waals surface area (Å²) in [6.07, 6.45) is 23.5. The molecular weight excluding hydrogens is 263 g/mol. The minimum absolute atomic E-state index is 0.146. The summed E-state index contributed by atoms with van der Waals surface area (Å²) in [7, 11) is 1.10. The van der Waals surface area contributed by atoms with Crippen LogP contribution < -0.4 is 0 Å². The molecule has 0 spiro atoms. The molecule has 1 heteroatoms. The summed E-state index contributed by atoms with van der Waals surface area (Å²) in [5.41, 5.74) is 9.16. The predicted molar refractivity (Wildman–Crippen MR) is 94.7 cm³/mol. The van der Waals surface area contributed by atoms with Crippen LogP contribution in [0.5, 0.6) is 0 Å². The Labute approximate surface area is 132 Å². The zero-order valence-corrected chi connectivity index (χ0v) is 13.1. The smallest absolute Gasteiger partial charge is 0.0813 e. The van der Waals surface area contributed by atoms with E-state index in [0.717, 1.165) is 7.28 Å². The topological polar surface area (TPSA) is 0 Å². The van der Waals surface area contributed by atoms with Gasteiger partial charge in [-0.3, -0.25) is 0 Å². The van der Waals surface area contributed by atoms with E-state index >= 15 is 0 Å². The number of allylic oxidation sites excluding steroid dienone is 16. The lowest BCUT2D eigenvalue weighted by atomic mass is 9.59. The van der Waals surface area contributed by atoms with Gasteiger partial charge in [-0.05, 0) is 35.1 Å². The van der Waals surface area contributed by atoms with Gasteiger partial charge in [0.25, 0.3) is 0 Å². The molecule has 0 amide bonds. The van der Waals surface area contributed by atoms with Gasteiger partial charge in [-0.1, -0.05) is 78.6 Å². The molecule has 22 heavy (non-hydrogen) atoms. The first-order valence-corrected chi connectivity index (χ1v) is 8.30. The van der Waals surface area contributed by atoms with Crippen molar-refractivity contribution in [3.63, 3.8) is 0 Å². The van der Waals surface area contributed by atoms with Gasteiger partial charge in [0.1, 0.15) is 0 Å². The van der Waals surface area contributed by atoms with E-state index in [4.69, 9.17) is 0 Å². The van der Waals surface area contributed by atoms with Gasteiger partial charge in [-0.15, -0.1) is 0 Å². The highest BCUT2D eigenvalue weighted by Crippen LogP contribution is 2.53. The Morgan fingerprint density at radius 1 is 0.909 bits per heavy atom. The van der Waals surface area contributed by atoms with E-state index in [1.165, 1.54) is 22.2 Å². The summed E-state index contributed by atoms with van der Waals surface area (Å²) in [6.45, 7) is 4.59. The van der Waals surface area contributed by atoms with Gasteiger partial charge in [0.05, 0.1) is 0 Å². The lowest BCUT2D eigenvalue weighted by Crippen LogP contribution is -2.15. The van der Waals surface area contributed by atoms with Crippen LogP contribution in [0.1, 0.15) is 13.8 Å². The van der Waals surface area contributed by atoms with Crippen LogP contribution in [0.4, 0.5) is 0 Å². The molecule has 0 aromatic heterocycles. The Morgan fingerprint density at radius 3 is 2.68 bits per heavy atom. The normalized spacial score (nSPS) is 36.6. The van der Waals surface area contributed by atoms with Crippen molar-refractivity contribution in [3.8, 4) is 0 Å². The van der Waals surface area contributed by atoms with Crippen molar-refractivity contribution in [1.29, 1.82) is 0 Å². The summed E-state index contributed by atoms with van der Waals surface area (Å²) in [5.74, 6) is 1.02. The maximum absolute atomic E-state index is 2.43. The van der Waals surface area contributed by atoms with Crippen molar-refractivity contribution in [3.05, 3.63) is 94.0 Å². The highest BCUT2D eigenvalue weighted by atomic mass is 14.4. The third-order valence-electron chi connectivity index (χ3n) is 5.78. The van der Waals surface area contributed by atoms with Gasteiger partial charge in [-0.2, -0.15) is 0 Å². The van der Waals surface area contributed by atoms with Gasteiger partial charge in [-0.25, -0.2) is 0 Å². The van der Waals surface area contributed by atoms with E-state index < -0.39 is 0 Å². The summed E-state index contributed by atoms with van der Waals surface area (Å²) in [5, 5.41) is 0. The van der Waals surface area contributed by atoms with Gasteiger partial charge in [0.2, 0.25) is 0 Å². The average molecular weight is 282 g/mol. The van der Waals surface area contributed by atoms with Gasteiger partial charge in [0.15, 0.2) is 7.28 Å². The molecule has 0 aromatic carbocycles. The average Bonchev–Trinajstić information content (AvgIpc) is 3.02. The van der Waals surface area contributed by atoms with E-state index in [0.29, 0.717) is 11.8 Å². The molecule has 0 fully saturated rings. The molecule has 0 saturated heterocycles. The fraction of sp³-hybridized carbons (Fsp3) is 0.238. The monoisotopic (exact) mass is 282 g/mol. The summed E-state index contributed by atoms with van der Waals surface area (Å²) in [6, 6.07) is 0. The molecule has 0 nitrogen and oxygen atoms in total. The molecule has 5 rings (SSSR count). The molecular formula is C21H19B. The van der Waals surface area contributed by atoms with Crippen LogP contribution in [0.2, 0.25) is 0 Å². The lowest BCUT2D eigenvalue weighted by Gasteiger charge is -2.23. The minimum atomic E-state index is 0.146. The fourth-order valence-electron chi connectivity index (χ4n) is 4.56. The maximum Gasteiger partial charge on any atom is 0.189 e. The van der Waals surface area contributed by atoms with Crippen LogP contribution in [0.3, 0.4) is 0 Å². The first-order valence-electron chi connectivity index (χ1n) is 8.30. The third kappa shape index (κ3) is 1.49. The van der Waals surface area contributed by atoms with Gasteiger partial charge >= 0.3 is 0 Å². The third-order valence-corrected chi connectivity index (χ3v) is 5.78. The molecule has 0 bridgehead atoms. The minimum Gasteiger partial charge on any atom is -0.0813 e. The molecule has 1 heterocycles. The van der Waals surface area contributed by atoms with Crippen LogP contribution in [0.25, 0.3) is 0 Å². The second kappa shape index (κ2) is 4.04. The number of rotatable bonds is 0. The molecule has 1 unspecified atom stereocenters. The largest absolute Gasteiger partial charge is 0.189 e. The zero-order chi connectivity index (χ0) is 14.9. The van der Waals surface area contributed by atoms with E-state index in [1.54, 1.807) is 11.0 Å². The molecule has 0 saturated carbocycles. The molecule has 0 aromatic rings. The lowest BCUT2D eigenvalue weighted by molar-refractivity contribution is 0.658. The van der Waals surface area contributed by atoms with Crippen LogP contribution >= 0.6 is 0 Å². The van der Waals surface area contributed by atoms with Crippen molar-refractivity contribution < 1.29 is 0 Å². The molecule has 106 valence electrons. The van der Waals surface area contributed by atoms with Gasteiger partial charge < -0.3 is 0 Å². The SMILES string of the molecule is C[C@H]1C=CC2=C(C=C1)C1=C(B2)C2C=C[C@@]3(C)C=CC(=C23)C=C1. The Hall–Kier alpha value is -2.02. The summed E-state index contributed by atoms with van der Waals surface area (Å²) >= 11 is 0. The quantitative estimate of drug-likeness (QED) is 0.458. The predicted octanol–water partition coefficient (Wildman–Crippen LogP) is 4.34. The number of hydrogen-bond acceptors (Lipinski definition) is 0. The Morgan fingerprint density at radius 2 is 1.77 bits per heavy atom. The van der Waals surface area contributed by atoms with Crippen molar-refractivity contribution in [2.75, 3.05) is 0 Å². The highest BCUT2D eigenvalue weighted by molar-refractivity contribution is 6.58. The molecule has 0 N–H and O–H groups in total. The molecule has 3 atom stereocenters. The summed E-state index contributed by atoms with van der Waals surface area (Å²) < 4.78 is 0. The first-order chi connectivity index (χ1) is 10.7. The fourth-order valence-corrected chi connectivity index (χ4v) is 4.56. The van der Waals surface area contributed by atoms with E-state index in [-0.39, 0.29) is 5.41 Å². The van der Waals surface area contributed by atoms with Crippen LogP contribution in [-0.4, -0.2) is 7.28 Å². The molecule has 4 aliphatic carbocycles. The second-order valence-electron chi connectivity index (χ2n) is 7.29. The van der Waals surface area contributed by atoms with Crippen molar-refractivity contribution >= 4 is 7.28 Å². The maximum atomic E-state index is 2.43. The van der Waals surface area contributed by atoms with Crippen molar-refractivity contribution in [1.82, 2.24) is 0 Å². The Kier molecular flexibility index (Phi) is 2.30.